The third-order valence-electron chi connectivity index (χ3n) is 2.65. The van der Waals surface area contributed by atoms with Crippen molar-refractivity contribution in [3.8, 4) is 0 Å². The lowest BCUT2D eigenvalue weighted by molar-refractivity contribution is -0.127. The van der Waals surface area contributed by atoms with Gasteiger partial charge in [-0.25, -0.2) is 0 Å². The molecule has 0 saturated heterocycles. The Morgan fingerprint density at radius 1 is 1.56 bits per heavy atom. The molecule has 1 heterocycles. The number of amides is 1. The van der Waals surface area contributed by atoms with Crippen LogP contribution in [0.15, 0.2) is 12.1 Å². The van der Waals surface area contributed by atoms with Crippen LogP contribution in [-0.2, 0) is 11.2 Å². The van der Waals surface area contributed by atoms with E-state index in [0.717, 1.165) is 15.6 Å². The van der Waals surface area contributed by atoms with Crippen molar-refractivity contribution in [1.29, 1.82) is 0 Å². The van der Waals surface area contributed by atoms with Crippen LogP contribution >= 0.6 is 22.9 Å². The molecule has 2 N–H and O–H groups in total. The lowest BCUT2D eigenvalue weighted by atomic mass is 9.78. The molecule has 1 aromatic heterocycles. The van der Waals surface area contributed by atoms with Crippen LogP contribution in [0.1, 0.15) is 32.1 Å². The summed E-state index contributed by atoms with van der Waals surface area (Å²) in [6.45, 7) is 6.13. The van der Waals surface area contributed by atoms with Gasteiger partial charge < -0.3 is 5.73 Å². The number of hydrogen-bond donors (Lipinski definition) is 1. The summed E-state index contributed by atoms with van der Waals surface area (Å²) < 4.78 is 0.756. The molecule has 0 radical (unpaired) electrons. The quantitative estimate of drug-likeness (QED) is 0.864. The zero-order valence-electron chi connectivity index (χ0n) is 9.92. The summed E-state index contributed by atoms with van der Waals surface area (Å²) in [7, 11) is 0. The molecule has 0 aliphatic heterocycles. The fourth-order valence-electron chi connectivity index (χ4n) is 1.99. The molecular formula is C12H18ClNOS. The van der Waals surface area contributed by atoms with Crippen LogP contribution in [0, 0.1) is 11.3 Å². The number of carbonyl (C=O) groups excluding carboxylic acids is 1. The van der Waals surface area contributed by atoms with E-state index in [1.165, 1.54) is 11.3 Å². The topological polar surface area (TPSA) is 43.1 Å². The van der Waals surface area contributed by atoms with E-state index in [1.807, 2.05) is 19.1 Å². The SMILES string of the molecule is CC(C)CC(C)(Cc1ccc(Cl)s1)C(N)=O. The van der Waals surface area contributed by atoms with E-state index in [9.17, 15) is 4.79 Å². The van der Waals surface area contributed by atoms with E-state index in [-0.39, 0.29) is 5.91 Å². The first-order chi connectivity index (χ1) is 7.33. The van der Waals surface area contributed by atoms with E-state index >= 15 is 0 Å². The van der Waals surface area contributed by atoms with Crippen molar-refractivity contribution in [3.63, 3.8) is 0 Å². The Kier molecular flexibility index (Phi) is 4.39. The largest absolute Gasteiger partial charge is 0.369 e. The first-order valence-corrected chi connectivity index (χ1v) is 6.57. The predicted molar refractivity (Wildman–Crippen MR) is 69.8 cm³/mol. The summed E-state index contributed by atoms with van der Waals surface area (Å²) in [4.78, 5) is 12.7. The van der Waals surface area contributed by atoms with Gasteiger partial charge >= 0.3 is 0 Å². The van der Waals surface area contributed by atoms with E-state index < -0.39 is 5.41 Å². The van der Waals surface area contributed by atoms with Crippen molar-refractivity contribution < 1.29 is 4.79 Å². The second kappa shape index (κ2) is 5.19. The van der Waals surface area contributed by atoms with Crippen molar-refractivity contribution in [2.45, 2.75) is 33.6 Å². The first kappa shape index (κ1) is 13.5. The third kappa shape index (κ3) is 3.49. The highest BCUT2D eigenvalue weighted by Crippen LogP contribution is 2.33. The van der Waals surface area contributed by atoms with Crippen LogP contribution in [0.25, 0.3) is 0 Å². The van der Waals surface area contributed by atoms with Crippen LogP contribution in [0.2, 0.25) is 4.34 Å². The summed E-state index contributed by atoms with van der Waals surface area (Å²) >= 11 is 7.39. The molecular weight excluding hydrogens is 242 g/mol. The maximum absolute atomic E-state index is 11.6. The third-order valence-corrected chi connectivity index (χ3v) is 3.88. The Balaban J connectivity index is 2.82. The fourth-order valence-corrected chi connectivity index (χ4v) is 3.27. The Morgan fingerprint density at radius 3 is 2.56 bits per heavy atom. The average Bonchev–Trinajstić information content (AvgIpc) is 2.49. The van der Waals surface area contributed by atoms with E-state index in [4.69, 9.17) is 17.3 Å². The highest BCUT2D eigenvalue weighted by molar-refractivity contribution is 7.16. The van der Waals surface area contributed by atoms with Crippen molar-refractivity contribution >= 4 is 28.8 Å². The Labute approximate surface area is 106 Å². The Bertz CT molecular complexity index is 375. The van der Waals surface area contributed by atoms with Gasteiger partial charge in [-0.05, 0) is 30.9 Å². The van der Waals surface area contributed by atoms with Gasteiger partial charge in [-0.2, -0.15) is 0 Å². The average molecular weight is 260 g/mol. The number of primary amides is 1. The van der Waals surface area contributed by atoms with E-state index in [2.05, 4.69) is 13.8 Å². The molecule has 0 aromatic carbocycles. The highest BCUT2D eigenvalue weighted by atomic mass is 35.5. The van der Waals surface area contributed by atoms with Gasteiger partial charge in [0, 0.05) is 4.88 Å². The molecule has 0 saturated carbocycles. The minimum Gasteiger partial charge on any atom is -0.369 e. The Hall–Kier alpha value is -0.540. The lowest BCUT2D eigenvalue weighted by Crippen LogP contribution is -2.37. The Morgan fingerprint density at radius 2 is 2.19 bits per heavy atom. The molecule has 0 aliphatic carbocycles. The van der Waals surface area contributed by atoms with Crippen LogP contribution in [-0.4, -0.2) is 5.91 Å². The predicted octanol–water partition coefficient (Wildman–Crippen LogP) is 3.48. The molecule has 2 nitrogen and oxygen atoms in total. The lowest BCUT2D eigenvalue weighted by Gasteiger charge is -2.27. The van der Waals surface area contributed by atoms with Gasteiger partial charge in [0.15, 0.2) is 0 Å². The molecule has 4 heteroatoms. The maximum Gasteiger partial charge on any atom is 0.223 e. The molecule has 1 unspecified atom stereocenters. The molecule has 0 spiro atoms. The summed E-state index contributed by atoms with van der Waals surface area (Å²) in [5, 5.41) is 0. The second-order valence-electron chi connectivity index (χ2n) is 4.91. The van der Waals surface area contributed by atoms with E-state index in [1.54, 1.807) is 0 Å². The van der Waals surface area contributed by atoms with Gasteiger partial charge in [0.1, 0.15) is 0 Å². The van der Waals surface area contributed by atoms with Gasteiger partial charge in [0.05, 0.1) is 9.75 Å². The second-order valence-corrected chi connectivity index (χ2v) is 6.71. The summed E-state index contributed by atoms with van der Waals surface area (Å²) in [6.07, 6.45) is 1.48. The van der Waals surface area contributed by atoms with Crippen molar-refractivity contribution in [2.24, 2.45) is 17.1 Å². The van der Waals surface area contributed by atoms with Crippen LogP contribution in [0.4, 0.5) is 0 Å². The van der Waals surface area contributed by atoms with Crippen LogP contribution in [0.5, 0.6) is 0 Å². The van der Waals surface area contributed by atoms with E-state index in [0.29, 0.717) is 12.3 Å². The number of nitrogens with two attached hydrogens (primary N) is 1. The molecule has 0 fully saturated rings. The fraction of sp³-hybridized carbons (Fsp3) is 0.583. The number of thiophene rings is 1. The molecule has 0 aliphatic rings. The monoisotopic (exact) mass is 259 g/mol. The number of rotatable bonds is 5. The number of carbonyl (C=O) groups is 1. The summed E-state index contributed by atoms with van der Waals surface area (Å²) in [6, 6.07) is 3.83. The summed E-state index contributed by atoms with van der Waals surface area (Å²) in [5.74, 6) is 0.221. The molecule has 1 amide bonds. The van der Waals surface area contributed by atoms with Gasteiger partial charge in [0.2, 0.25) is 5.91 Å². The molecule has 16 heavy (non-hydrogen) atoms. The smallest absolute Gasteiger partial charge is 0.223 e. The maximum atomic E-state index is 11.6. The molecule has 1 atom stereocenters. The standard InChI is InChI=1S/C12H18ClNOS/c1-8(2)6-12(3,11(14)15)7-9-4-5-10(13)16-9/h4-5,8H,6-7H2,1-3H3,(H2,14,15). The van der Waals surface area contributed by atoms with Gasteiger partial charge in [-0.15, -0.1) is 11.3 Å². The van der Waals surface area contributed by atoms with Crippen molar-refractivity contribution in [1.82, 2.24) is 0 Å². The number of halogens is 1. The van der Waals surface area contributed by atoms with Crippen molar-refractivity contribution in [2.75, 3.05) is 0 Å². The van der Waals surface area contributed by atoms with Crippen LogP contribution in [0.3, 0.4) is 0 Å². The van der Waals surface area contributed by atoms with Gasteiger partial charge in [0.25, 0.3) is 0 Å². The van der Waals surface area contributed by atoms with Crippen LogP contribution < -0.4 is 5.73 Å². The minimum atomic E-state index is -0.470. The molecule has 1 rings (SSSR count). The van der Waals surface area contributed by atoms with Crippen molar-refractivity contribution in [3.05, 3.63) is 21.3 Å². The highest BCUT2D eigenvalue weighted by Gasteiger charge is 2.32. The molecule has 1 aromatic rings. The first-order valence-electron chi connectivity index (χ1n) is 5.37. The zero-order valence-corrected chi connectivity index (χ0v) is 11.5. The number of hydrogen-bond acceptors (Lipinski definition) is 2. The van der Waals surface area contributed by atoms with Gasteiger partial charge in [-0.3, -0.25) is 4.79 Å². The van der Waals surface area contributed by atoms with Gasteiger partial charge in [-0.1, -0.05) is 32.4 Å². The minimum absolute atomic E-state index is 0.231. The zero-order chi connectivity index (χ0) is 12.3. The summed E-state index contributed by atoms with van der Waals surface area (Å²) in [5.41, 5.74) is 5.04. The normalized spacial score (nSPS) is 15.1. The molecule has 90 valence electrons. The molecule has 0 bridgehead atoms.